The summed E-state index contributed by atoms with van der Waals surface area (Å²) in [4.78, 5) is 25.7. The highest BCUT2D eigenvalue weighted by Gasteiger charge is 2.44. The van der Waals surface area contributed by atoms with Gasteiger partial charge in [0.25, 0.3) is 0 Å². The second-order valence-corrected chi connectivity index (χ2v) is 6.32. The molecule has 0 radical (unpaired) electrons. The van der Waals surface area contributed by atoms with Crippen molar-refractivity contribution in [2.45, 2.75) is 37.3 Å². The number of hydrogen-bond acceptors (Lipinski definition) is 5. The van der Waals surface area contributed by atoms with Crippen molar-refractivity contribution >= 4 is 11.9 Å². The Morgan fingerprint density at radius 1 is 1.38 bits per heavy atom. The third kappa shape index (κ3) is 3.44. The Balaban J connectivity index is 1.50. The van der Waals surface area contributed by atoms with Crippen LogP contribution in [-0.4, -0.2) is 70.7 Å². The van der Waals surface area contributed by atoms with Gasteiger partial charge in [0.15, 0.2) is 5.54 Å². The van der Waals surface area contributed by atoms with Crippen LogP contribution in [0.2, 0.25) is 0 Å². The van der Waals surface area contributed by atoms with E-state index in [4.69, 9.17) is 9.47 Å². The molecule has 1 N–H and O–H groups in total. The topological polar surface area (TPSA) is 93.9 Å². The molecule has 0 bridgehead atoms. The zero-order valence-corrected chi connectivity index (χ0v) is 13.6. The first kappa shape index (κ1) is 16.9. The van der Waals surface area contributed by atoms with Crippen LogP contribution in [0.3, 0.4) is 0 Å². The van der Waals surface area contributed by atoms with E-state index in [0.717, 1.165) is 19.4 Å². The number of carboxylic acids is 1. The predicted molar refractivity (Wildman–Crippen MR) is 83.4 cm³/mol. The number of carbonyl (C=O) groups excluding carboxylic acids is 1. The second kappa shape index (κ2) is 7.31. The van der Waals surface area contributed by atoms with E-state index in [1.807, 2.05) is 0 Å². The minimum Gasteiger partial charge on any atom is -0.479 e. The van der Waals surface area contributed by atoms with Gasteiger partial charge in [-0.25, -0.2) is 4.79 Å². The summed E-state index contributed by atoms with van der Waals surface area (Å²) >= 11 is 0. The zero-order chi connectivity index (χ0) is 17.0. The molecule has 0 aliphatic carbocycles. The highest BCUT2D eigenvalue weighted by atomic mass is 16.5. The molecule has 2 aliphatic heterocycles. The van der Waals surface area contributed by atoms with E-state index in [1.54, 1.807) is 23.4 Å². The number of carboxylic acid groups (broad SMARTS) is 1. The van der Waals surface area contributed by atoms with Crippen LogP contribution in [0, 0.1) is 0 Å². The lowest BCUT2D eigenvalue weighted by Gasteiger charge is -2.38. The fraction of sp³-hybridized carbons (Fsp3) is 0.688. The van der Waals surface area contributed by atoms with Gasteiger partial charge in [0, 0.05) is 44.9 Å². The van der Waals surface area contributed by atoms with Gasteiger partial charge in [-0.1, -0.05) is 0 Å². The Kier molecular flexibility index (Phi) is 5.15. The first-order valence-electron chi connectivity index (χ1n) is 8.32. The Morgan fingerprint density at radius 2 is 2.17 bits per heavy atom. The lowest BCUT2D eigenvalue weighted by Crippen LogP contribution is -2.53. The monoisotopic (exact) mass is 337 g/mol. The molecule has 1 amide bonds. The largest absolute Gasteiger partial charge is 0.479 e. The van der Waals surface area contributed by atoms with Crippen molar-refractivity contribution in [1.82, 2.24) is 14.7 Å². The van der Waals surface area contributed by atoms with Crippen LogP contribution in [0.25, 0.3) is 0 Å². The molecule has 1 aromatic heterocycles. The fourth-order valence-electron chi connectivity index (χ4n) is 3.33. The molecule has 0 aromatic carbocycles. The first-order chi connectivity index (χ1) is 11.6. The van der Waals surface area contributed by atoms with Gasteiger partial charge in [0.1, 0.15) is 6.61 Å². The predicted octanol–water partition coefficient (Wildman–Crippen LogP) is 0.481. The van der Waals surface area contributed by atoms with Crippen LogP contribution in [0.4, 0.5) is 0 Å². The molecule has 1 unspecified atom stereocenters. The Bertz CT molecular complexity index is 560. The lowest BCUT2D eigenvalue weighted by molar-refractivity contribution is -0.154. The molecular weight excluding hydrogens is 314 g/mol. The number of aliphatic carboxylic acids is 1. The van der Waals surface area contributed by atoms with Crippen LogP contribution in [-0.2, 0) is 24.6 Å². The Labute approximate surface area is 140 Å². The summed E-state index contributed by atoms with van der Waals surface area (Å²) in [6.45, 7) is 1.98. The quantitative estimate of drug-likeness (QED) is 0.811. The maximum Gasteiger partial charge on any atom is 0.331 e. The third-order valence-corrected chi connectivity index (χ3v) is 4.84. The van der Waals surface area contributed by atoms with Gasteiger partial charge in [-0.2, -0.15) is 5.10 Å². The lowest BCUT2D eigenvalue weighted by atomic mass is 9.87. The molecule has 1 aromatic rings. The normalized spacial score (nSPS) is 23.3. The molecule has 8 heteroatoms. The van der Waals surface area contributed by atoms with Gasteiger partial charge in [0.05, 0.1) is 12.7 Å². The minimum atomic E-state index is -1.07. The van der Waals surface area contributed by atoms with Crippen LogP contribution < -0.4 is 0 Å². The summed E-state index contributed by atoms with van der Waals surface area (Å²) < 4.78 is 12.4. The maximum atomic E-state index is 12.2. The van der Waals surface area contributed by atoms with Crippen LogP contribution >= 0.6 is 0 Å². The molecular formula is C16H23N3O5. The third-order valence-electron chi connectivity index (χ3n) is 4.84. The molecule has 2 aliphatic rings. The number of likely N-dealkylation sites (tertiary alicyclic amines) is 1. The van der Waals surface area contributed by atoms with Crippen LogP contribution in [0.1, 0.15) is 25.7 Å². The Morgan fingerprint density at radius 3 is 2.75 bits per heavy atom. The highest BCUT2D eigenvalue weighted by Crippen LogP contribution is 2.30. The van der Waals surface area contributed by atoms with E-state index in [9.17, 15) is 14.7 Å². The van der Waals surface area contributed by atoms with Gasteiger partial charge in [-0.15, -0.1) is 0 Å². The number of nitrogens with zero attached hydrogens (tertiary/aromatic N) is 3. The summed E-state index contributed by atoms with van der Waals surface area (Å²) in [7, 11) is 0. The van der Waals surface area contributed by atoms with Crippen molar-refractivity contribution in [2.24, 2.45) is 0 Å². The van der Waals surface area contributed by atoms with E-state index in [1.165, 1.54) is 4.68 Å². The second-order valence-electron chi connectivity index (χ2n) is 6.32. The Hall–Kier alpha value is -1.93. The summed E-state index contributed by atoms with van der Waals surface area (Å²) in [6.07, 6.45) is 6.01. The molecule has 0 saturated carbocycles. The molecule has 3 rings (SSSR count). The van der Waals surface area contributed by atoms with Crippen molar-refractivity contribution in [2.75, 3.05) is 32.9 Å². The molecule has 0 spiro atoms. The zero-order valence-electron chi connectivity index (χ0n) is 13.6. The van der Waals surface area contributed by atoms with Crippen molar-refractivity contribution in [3.63, 3.8) is 0 Å². The van der Waals surface area contributed by atoms with Gasteiger partial charge in [-0.3, -0.25) is 9.48 Å². The molecule has 132 valence electrons. The number of piperidine rings is 1. The van der Waals surface area contributed by atoms with Gasteiger partial charge in [-0.05, 0) is 18.9 Å². The van der Waals surface area contributed by atoms with Crippen molar-refractivity contribution in [1.29, 1.82) is 0 Å². The molecule has 2 fully saturated rings. The van der Waals surface area contributed by atoms with E-state index < -0.39 is 11.5 Å². The van der Waals surface area contributed by atoms with Gasteiger partial charge in [0.2, 0.25) is 5.91 Å². The number of amides is 1. The summed E-state index contributed by atoms with van der Waals surface area (Å²) in [5.74, 6) is -1.01. The molecule has 8 nitrogen and oxygen atoms in total. The summed E-state index contributed by atoms with van der Waals surface area (Å²) in [5.41, 5.74) is -1.07. The van der Waals surface area contributed by atoms with E-state index in [-0.39, 0.29) is 18.6 Å². The van der Waals surface area contributed by atoms with Gasteiger partial charge < -0.3 is 19.5 Å². The minimum absolute atomic E-state index is 0.0156. The number of hydrogen-bond donors (Lipinski definition) is 1. The van der Waals surface area contributed by atoms with Crippen molar-refractivity contribution < 1.29 is 24.2 Å². The standard InChI is InChI=1S/C16H23N3O5/c20-14(12-23-11-13-3-1-10-24-13)18-8-4-16(5-9-18,15(21)22)19-7-2-6-17-19/h2,6-7,13H,1,3-5,8-12H2,(H,21,22). The molecule has 24 heavy (non-hydrogen) atoms. The van der Waals surface area contributed by atoms with E-state index >= 15 is 0 Å². The molecule has 3 heterocycles. The number of rotatable bonds is 6. The summed E-state index contributed by atoms with van der Waals surface area (Å²) in [6, 6.07) is 1.71. The van der Waals surface area contributed by atoms with E-state index in [0.29, 0.717) is 32.5 Å². The molecule has 1 atom stereocenters. The fourth-order valence-corrected chi connectivity index (χ4v) is 3.33. The first-order valence-corrected chi connectivity index (χ1v) is 8.32. The highest BCUT2D eigenvalue weighted by molar-refractivity contribution is 5.79. The van der Waals surface area contributed by atoms with Crippen LogP contribution in [0.15, 0.2) is 18.5 Å². The van der Waals surface area contributed by atoms with Crippen molar-refractivity contribution in [3.05, 3.63) is 18.5 Å². The SMILES string of the molecule is O=C(COCC1CCCO1)N1CCC(C(=O)O)(n2cccn2)CC1. The van der Waals surface area contributed by atoms with Crippen LogP contribution in [0.5, 0.6) is 0 Å². The maximum absolute atomic E-state index is 12.2. The number of aromatic nitrogens is 2. The average molecular weight is 337 g/mol. The summed E-state index contributed by atoms with van der Waals surface area (Å²) in [5, 5.41) is 13.7. The molecule has 2 saturated heterocycles. The van der Waals surface area contributed by atoms with E-state index in [2.05, 4.69) is 5.10 Å². The average Bonchev–Trinajstić information content (AvgIpc) is 3.28. The van der Waals surface area contributed by atoms with Gasteiger partial charge >= 0.3 is 5.97 Å². The van der Waals surface area contributed by atoms with Crippen molar-refractivity contribution in [3.8, 4) is 0 Å². The number of carbonyl (C=O) groups is 2. The smallest absolute Gasteiger partial charge is 0.331 e. The number of ether oxygens (including phenoxy) is 2.